The topological polar surface area (TPSA) is 21.3 Å². The normalized spacial score (nSPS) is 20.9. The van der Waals surface area contributed by atoms with Crippen molar-refractivity contribution in [1.82, 2.24) is 5.32 Å². The van der Waals surface area contributed by atoms with Crippen LogP contribution in [0.5, 0.6) is 5.75 Å². The zero-order valence-corrected chi connectivity index (χ0v) is 20.8. The van der Waals surface area contributed by atoms with Gasteiger partial charge in [-0.2, -0.15) is 0 Å². The third-order valence-corrected chi connectivity index (χ3v) is 8.43. The molecule has 180 valence electrons. The number of fused-ring (bicyclic) bond motifs is 5. The summed E-state index contributed by atoms with van der Waals surface area (Å²) >= 11 is 0. The lowest BCUT2D eigenvalue weighted by atomic mass is 9.61. The number of hydrogen-bond acceptors (Lipinski definition) is 2. The van der Waals surface area contributed by atoms with Gasteiger partial charge in [0.15, 0.2) is 0 Å². The second-order valence-corrected chi connectivity index (χ2v) is 10.1. The lowest BCUT2D eigenvalue weighted by molar-refractivity contribution is 0.410. The molecule has 0 aromatic heterocycles. The Kier molecular flexibility index (Phi) is 5.23. The summed E-state index contributed by atoms with van der Waals surface area (Å²) in [6, 6.07) is 49.0. The molecule has 0 saturated carbocycles. The van der Waals surface area contributed by atoms with Crippen LogP contribution >= 0.6 is 0 Å². The van der Waals surface area contributed by atoms with Crippen LogP contribution in [0.2, 0.25) is 0 Å². The quantitative estimate of drug-likeness (QED) is 0.284. The lowest BCUT2D eigenvalue weighted by Crippen LogP contribution is -2.36. The minimum atomic E-state index is -0.288. The van der Waals surface area contributed by atoms with E-state index in [1.807, 2.05) is 0 Å². The molecule has 1 fully saturated rings. The predicted octanol–water partition coefficient (Wildman–Crippen LogP) is 7.83. The molecule has 3 atom stereocenters. The van der Waals surface area contributed by atoms with E-state index in [1.54, 1.807) is 7.11 Å². The fraction of sp³-hybridized carbons (Fsp3) is 0.143. The van der Waals surface area contributed by atoms with Gasteiger partial charge < -0.3 is 10.1 Å². The Bertz CT molecular complexity index is 1500. The van der Waals surface area contributed by atoms with Crippen LogP contribution in [-0.4, -0.2) is 7.11 Å². The standard InChI is InChI=1S/C35H29NO/c1-37-27-22-20-24(21-23-27)32-33(25-12-4-2-5-13-25)36-34(26-14-6-3-7-15-26)35(32)30-18-10-8-16-28(30)29-17-9-11-19-31(29)35/h2-23,32-34,36H,1H3/t32-,33-,34+/m0/s1. The molecule has 2 nitrogen and oxygen atoms in total. The average molecular weight is 480 g/mol. The van der Waals surface area contributed by atoms with Crippen LogP contribution < -0.4 is 10.1 Å². The molecule has 1 aliphatic heterocycles. The van der Waals surface area contributed by atoms with Crippen molar-refractivity contribution in [2.24, 2.45) is 0 Å². The van der Waals surface area contributed by atoms with Crippen molar-refractivity contribution in [2.45, 2.75) is 23.4 Å². The highest BCUT2D eigenvalue weighted by Gasteiger charge is 2.61. The fourth-order valence-electron chi connectivity index (χ4n) is 7.02. The zero-order chi connectivity index (χ0) is 24.8. The Labute approximate surface area is 218 Å². The number of nitrogens with one attached hydrogen (secondary N) is 1. The van der Waals surface area contributed by atoms with Crippen molar-refractivity contribution >= 4 is 0 Å². The summed E-state index contributed by atoms with van der Waals surface area (Å²) < 4.78 is 5.55. The molecule has 37 heavy (non-hydrogen) atoms. The molecule has 0 radical (unpaired) electrons. The summed E-state index contributed by atoms with van der Waals surface area (Å²) in [5.74, 6) is 1.04. The summed E-state index contributed by atoms with van der Waals surface area (Å²) in [7, 11) is 1.73. The van der Waals surface area contributed by atoms with Crippen LogP contribution in [0.3, 0.4) is 0 Å². The Balaban J connectivity index is 1.58. The number of hydrogen-bond donors (Lipinski definition) is 1. The highest BCUT2D eigenvalue weighted by molar-refractivity contribution is 5.83. The molecule has 1 aliphatic carbocycles. The minimum Gasteiger partial charge on any atom is -0.497 e. The van der Waals surface area contributed by atoms with Crippen molar-refractivity contribution in [3.05, 3.63) is 161 Å². The minimum absolute atomic E-state index is 0.0933. The van der Waals surface area contributed by atoms with Gasteiger partial charge in [0.25, 0.3) is 0 Å². The summed E-state index contributed by atoms with van der Waals surface area (Å²) in [5.41, 5.74) is 9.12. The van der Waals surface area contributed by atoms with Crippen LogP contribution in [-0.2, 0) is 5.41 Å². The van der Waals surface area contributed by atoms with Crippen LogP contribution in [0, 0.1) is 0 Å². The Morgan fingerprint density at radius 1 is 0.541 bits per heavy atom. The number of methoxy groups -OCH3 is 1. The lowest BCUT2D eigenvalue weighted by Gasteiger charge is -2.40. The maximum atomic E-state index is 5.55. The third-order valence-electron chi connectivity index (χ3n) is 8.43. The van der Waals surface area contributed by atoms with E-state index in [0.717, 1.165) is 5.75 Å². The monoisotopic (exact) mass is 479 g/mol. The van der Waals surface area contributed by atoms with Crippen molar-refractivity contribution in [3.63, 3.8) is 0 Å². The molecular formula is C35H29NO. The van der Waals surface area contributed by atoms with E-state index in [0.29, 0.717) is 0 Å². The number of ether oxygens (including phenoxy) is 1. The largest absolute Gasteiger partial charge is 0.497 e. The molecule has 7 rings (SSSR count). The molecule has 1 saturated heterocycles. The van der Waals surface area contributed by atoms with E-state index >= 15 is 0 Å². The summed E-state index contributed by atoms with van der Waals surface area (Å²) in [6.07, 6.45) is 0. The van der Waals surface area contributed by atoms with Crippen molar-refractivity contribution in [3.8, 4) is 16.9 Å². The van der Waals surface area contributed by atoms with Gasteiger partial charge in [0.1, 0.15) is 5.75 Å². The van der Waals surface area contributed by atoms with Gasteiger partial charge in [0, 0.05) is 23.4 Å². The maximum absolute atomic E-state index is 5.55. The van der Waals surface area contributed by atoms with Gasteiger partial charge in [-0.3, -0.25) is 0 Å². The number of benzene rings is 5. The van der Waals surface area contributed by atoms with Gasteiger partial charge in [-0.15, -0.1) is 0 Å². The molecular weight excluding hydrogens is 450 g/mol. The average Bonchev–Trinajstić information content (AvgIpc) is 3.49. The van der Waals surface area contributed by atoms with Gasteiger partial charge in [-0.25, -0.2) is 0 Å². The van der Waals surface area contributed by atoms with Gasteiger partial charge in [-0.05, 0) is 51.1 Å². The second-order valence-electron chi connectivity index (χ2n) is 10.1. The number of rotatable bonds is 4. The van der Waals surface area contributed by atoms with E-state index in [1.165, 1.54) is 38.9 Å². The fourth-order valence-corrected chi connectivity index (χ4v) is 7.02. The second kappa shape index (κ2) is 8.76. The first-order chi connectivity index (χ1) is 18.3. The van der Waals surface area contributed by atoms with Crippen LogP contribution in [0.25, 0.3) is 11.1 Å². The Hall–Kier alpha value is -4.14. The first-order valence-corrected chi connectivity index (χ1v) is 13.0. The van der Waals surface area contributed by atoms with E-state index in [-0.39, 0.29) is 23.4 Å². The highest BCUT2D eigenvalue weighted by Crippen LogP contribution is 2.67. The first kappa shape index (κ1) is 22.1. The maximum Gasteiger partial charge on any atom is 0.118 e. The summed E-state index contributed by atoms with van der Waals surface area (Å²) in [4.78, 5) is 0. The van der Waals surface area contributed by atoms with E-state index in [4.69, 9.17) is 4.74 Å². The van der Waals surface area contributed by atoms with Gasteiger partial charge in [-0.1, -0.05) is 121 Å². The SMILES string of the molecule is COc1ccc([C@H]2[C@H](c3ccccc3)N[C@H](c3ccccc3)C23c2ccccc2-c2ccccc23)cc1. The summed E-state index contributed by atoms with van der Waals surface area (Å²) in [6.45, 7) is 0. The molecule has 0 amide bonds. The van der Waals surface area contributed by atoms with Gasteiger partial charge in [0.05, 0.1) is 7.11 Å². The van der Waals surface area contributed by atoms with Crippen molar-refractivity contribution in [1.29, 1.82) is 0 Å². The van der Waals surface area contributed by atoms with E-state index in [2.05, 4.69) is 139 Å². The first-order valence-electron chi connectivity index (χ1n) is 13.0. The molecule has 2 aliphatic rings. The van der Waals surface area contributed by atoms with E-state index in [9.17, 15) is 0 Å². The molecule has 1 N–H and O–H groups in total. The van der Waals surface area contributed by atoms with Crippen molar-refractivity contribution in [2.75, 3.05) is 7.11 Å². The molecule has 5 aromatic rings. The molecule has 1 heterocycles. The predicted molar refractivity (Wildman–Crippen MR) is 150 cm³/mol. The smallest absolute Gasteiger partial charge is 0.118 e. The van der Waals surface area contributed by atoms with Gasteiger partial charge >= 0.3 is 0 Å². The van der Waals surface area contributed by atoms with Crippen LogP contribution in [0.1, 0.15) is 45.8 Å². The molecule has 2 heteroatoms. The zero-order valence-electron chi connectivity index (χ0n) is 20.8. The van der Waals surface area contributed by atoms with Crippen molar-refractivity contribution < 1.29 is 4.74 Å². The van der Waals surface area contributed by atoms with Crippen LogP contribution in [0.4, 0.5) is 0 Å². The summed E-state index contributed by atoms with van der Waals surface area (Å²) in [5, 5.41) is 4.18. The molecule has 5 aromatic carbocycles. The highest BCUT2D eigenvalue weighted by atomic mass is 16.5. The molecule has 0 bridgehead atoms. The third kappa shape index (κ3) is 3.22. The Morgan fingerprint density at radius 3 is 1.62 bits per heavy atom. The molecule has 1 spiro atoms. The van der Waals surface area contributed by atoms with Crippen LogP contribution in [0.15, 0.2) is 133 Å². The Morgan fingerprint density at radius 2 is 1.05 bits per heavy atom. The molecule has 0 unspecified atom stereocenters. The van der Waals surface area contributed by atoms with E-state index < -0.39 is 0 Å². The van der Waals surface area contributed by atoms with Gasteiger partial charge in [0.2, 0.25) is 0 Å².